The van der Waals surface area contributed by atoms with Gasteiger partial charge in [-0.15, -0.1) is 0 Å². The number of carbonyl (C=O) groups excluding carboxylic acids is 13. The number of primary amides is 2. The minimum absolute atomic E-state index is 0.00154. The van der Waals surface area contributed by atoms with Crippen molar-refractivity contribution in [3.05, 3.63) is 101 Å². The predicted molar refractivity (Wildman–Crippen MR) is 296 cm³/mol. The molecule has 13 N–H and O–H groups in total. The van der Waals surface area contributed by atoms with Gasteiger partial charge in [-0.05, 0) is 91.1 Å². The van der Waals surface area contributed by atoms with Crippen LogP contribution in [-0.4, -0.2) is 126 Å². The quantitative estimate of drug-likeness (QED) is 0.0257. The number of anilines is 3. The number of benzene rings is 3. The molecule has 0 radical (unpaired) electrons. The van der Waals surface area contributed by atoms with E-state index in [2.05, 4.69) is 47.9 Å². The van der Waals surface area contributed by atoms with E-state index in [0.717, 1.165) is 23.1 Å². The Hall–Kier alpha value is -9.69. The summed E-state index contributed by atoms with van der Waals surface area (Å²) in [5.41, 5.74) is 11.7. The molecule has 27 heteroatoms. The molecular formula is C55H70N12O15. The number of urea groups is 2. The molecule has 4 rings (SSSR count). The second-order valence-electron chi connectivity index (χ2n) is 19.6. The van der Waals surface area contributed by atoms with Gasteiger partial charge in [0.2, 0.25) is 29.5 Å². The van der Waals surface area contributed by atoms with Crippen LogP contribution in [0.3, 0.4) is 0 Å². The van der Waals surface area contributed by atoms with E-state index in [-0.39, 0.29) is 75.3 Å². The fourth-order valence-corrected chi connectivity index (χ4v) is 7.86. The van der Waals surface area contributed by atoms with Crippen LogP contribution in [0.1, 0.15) is 105 Å². The number of nitrogens with one attached hydrogen (secondary N) is 9. The van der Waals surface area contributed by atoms with Gasteiger partial charge in [-0.3, -0.25) is 57.6 Å². The Morgan fingerprint density at radius 1 is 0.512 bits per heavy atom. The normalized spacial score (nSPS) is 13.1. The van der Waals surface area contributed by atoms with Gasteiger partial charge in [0, 0.05) is 80.2 Å². The van der Waals surface area contributed by atoms with E-state index < -0.39 is 120 Å². The highest BCUT2D eigenvalue weighted by molar-refractivity contribution is 6.13. The highest BCUT2D eigenvalue weighted by Crippen LogP contribution is 2.20. The molecule has 0 saturated heterocycles. The molecule has 1 heterocycles. The monoisotopic (exact) mass is 1140 g/mol. The van der Waals surface area contributed by atoms with Crippen molar-refractivity contribution in [2.45, 2.75) is 111 Å². The Bertz CT molecular complexity index is 2710. The lowest BCUT2D eigenvalue weighted by Crippen LogP contribution is -2.55. The second-order valence-corrected chi connectivity index (χ2v) is 19.6. The van der Waals surface area contributed by atoms with E-state index in [9.17, 15) is 62.3 Å². The van der Waals surface area contributed by atoms with E-state index in [0.29, 0.717) is 22.5 Å². The maximum Gasteiger partial charge on any atom is 0.312 e. The van der Waals surface area contributed by atoms with Gasteiger partial charge in [0.1, 0.15) is 37.4 Å². The number of amides is 13. The van der Waals surface area contributed by atoms with E-state index in [1.165, 1.54) is 26.0 Å². The van der Waals surface area contributed by atoms with E-state index in [1.54, 1.807) is 76.2 Å². The molecule has 4 atom stereocenters. The first kappa shape index (κ1) is 64.8. The molecule has 0 spiro atoms. The SMILES string of the molecule is CC(=O)OCc1ccc(NC(=O)[C@H](CCCNC(N)=O)NC(=O)[C@@H](NC(=O)c2cc(NC(=O)CCN3C(=O)C=CC3=O)cc(C(=O)N[C@H](C(=O)N[C@@H](CCCNC(N)=O)C(=O)Nc3ccc(COC(C)=O)cc3)C(C)C)c2)C(C)C)cc1. The number of carbonyl (C=O) groups is 13. The van der Waals surface area contributed by atoms with E-state index >= 15 is 0 Å². The predicted octanol–water partition coefficient (Wildman–Crippen LogP) is 1.72. The summed E-state index contributed by atoms with van der Waals surface area (Å²) < 4.78 is 10.0. The number of imide groups is 1. The third-order valence-corrected chi connectivity index (χ3v) is 12.2. The number of nitrogens with zero attached hydrogens (tertiary/aromatic N) is 1. The number of hydrogen-bond acceptors (Lipinski definition) is 15. The highest BCUT2D eigenvalue weighted by atomic mass is 16.5. The minimum atomic E-state index is -1.34. The van der Waals surface area contributed by atoms with Crippen LogP contribution in [0.15, 0.2) is 78.9 Å². The fourth-order valence-electron chi connectivity index (χ4n) is 7.86. The van der Waals surface area contributed by atoms with E-state index in [1.807, 2.05) is 0 Å². The van der Waals surface area contributed by atoms with Crippen molar-refractivity contribution in [2.24, 2.45) is 23.3 Å². The zero-order chi connectivity index (χ0) is 60.6. The van der Waals surface area contributed by atoms with Gasteiger partial charge in [-0.1, -0.05) is 52.0 Å². The van der Waals surface area contributed by atoms with Crippen molar-refractivity contribution in [3.63, 3.8) is 0 Å². The summed E-state index contributed by atoms with van der Waals surface area (Å²) in [7, 11) is 0. The van der Waals surface area contributed by atoms with Gasteiger partial charge in [0.15, 0.2) is 0 Å². The standard InChI is InChI=1S/C55H70N12O15/c1-30(2)46(52(77)63-41(9-7-22-58-54(56)79)50(75)61-38-15-11-34(12-16-38)28-81-32(5)68)65-48(73)36-25-37(27-40(26-36)60-43(70)21-24-67-44(71)19-20-45(67)72)49(74)66-47(31(3)4)53(78)64-42(10-8-23-59-55(57)80)51(76)62-39-17-13-35(14-18-39)29-82-33(6)69/h11-20,25-27,30-31,41-42,46-47H,7-10,21-24,28-29H2,1-6H3,(H,60,70)(H,61,75)(H,62,76)(H,63,77)(H,64,78)(H,65,73)(H,66,74)(H3,56,58,79)(H3,57,59,80)/t41-,42-,46-,47-/m0/s1. The third-order valence-electron chi connectivity index (χ3n) is 12.2. The molecule has 1 aliphatic heterocycles. The Kier molecular flexibility index (Phi) is 25.1. The molecule has 440 valence electrons. The van der Waals surface area contributed by atoms with Crippen molar-refractivity contribution in [1.29, 1.82) is 0 Å². The summed E-state index contributed by atoms with van der Waals surface area (Å²) >= 11 is 0. The molecule has 27 nitrogen and oxygen atoms in total. The molecule has 0 saturated carbocycles. The maximum atomic E-state index is 14.3. The Morgan fingerprint density at radius 3 is 1.26 bits per heavy atom. The van der Waals surface area contributed by atoms with Gasteiger partial charge in [0.05, 0.1) is 0 Å². The van der Waals surface area contributed by atoms with Crippen LogP contribution in [0.4, 0.5) is 26.7 Å². The van der Waals surface area contributed by atoms with Gasteiger partial charge in [0.25, 0.3) is 23.6 Å². The number of hydrogen-bond donors (Lipinski definition) is 11. The molecular weight excluding hydrogens is 1070 g/mol. The van der Waals surface area contributed by atoms with Crippen LogP contribution >= 0.6 is 0 Å². The Morgan fingerprint density at radius 2 is 0.902 bits per heavy atom. The summed E-state index contributed by atoms with van der Waals surface area (Å²) in [6.45, 7) is 8.78. The van der Waals surface area contributed by atoms with Crippen molar-refractivity contribution in [1.82, 2.24) is 36.8 Å². The first-order valence-electron chi connectivity index (χ1n) is 26.1. The molecule has 0 unspecified atom stereocenters. The first-order chi connectivity index (χ1) is 38.8. The largest absolute Gasteiger partial charge is 0.461 e. The zero-order valence-electron chi connectivity index (χ0n) is 46.3. The minimum Gasteiger partial charge on any atom is -0.461 e. The Labute approximate surface area is 472 Å². The molecule has 1 aliphatic rings. The van der Waals surface area contributed by atoms with Crippen molar-refractivity contribution >= 4 is 94.2 Å². The lowest BCUT2D eigenvalue weighted by molar-refractivity contribution is -0.143. The topological polar surface area (TPSA) is 404 Å². The third kappa shape index (κ3) is 21.9. The smallest absolute Gasteiger partial charge is 0.312 e. The number of nitrogens with two attached hydrogens (primary N) is 2. The molecule has 82 heavy (non-hydrogen) atoms. The number of ether oxygens (including phenoxy) is 2. The average Bonchev–Trinajstić information content (AvgIpc) is 3.83. The van der Waals surface area contributed by atoms with Crippen LogP contribution in [0.25, 0.3) is 0 Å². The zero-order valence-corrected chi connectivity index (χ0v) is 46.3. The van der Waals surface area contributed by atoms with Gasteiger partial charge in [-0.2, -0.15) is 0 Å². The van der Waals surface area contributed by atoms with Gasteiger partial charge < -0.3 is 68.8 Å². The van der Waals surface area contributed by atoms with Crippen LogP contribution in [0.2, 0.25) is 0 Å². The summed E-state index contributed by atoms with van der Waals surface area (Å²) in [6.07, 6.45) is 2.04. The summed E-state index contributed by atoms with van der Waals surface area (Å²) in [4.78, 5) is 168. The van der Waals surface area contributed by atoms with Crippen LogP contribution < -0.4 is 59.3 Å². The lowest BCUT2D eigenvalue weighted by Gasteiger charge is -2.26. The summed E-state index contributed by atoms with van der Waals surface area (Å²) in [5.74, 6) is -9.03. The highest BCUT2D eigenvalue weighted by Gasteiger charge is 2.32. The molecule has 0 aromatic heterocycles. The van der Waals surface area contributed by atoms with Crippen molar-refractivity contribution in [3.8, 4) is 0 Å². The second kappa shape index (κ2) is 31.8. The molecule has 13 amide bonds. The van der Waals surface area contributed by atoms with E-state index in [4.69, 9.17) is 20.9 Å². The molecule has 0 bridgehead atoms. The van der Waals surface area contributed by atoms with Gasteiger partial charge >= 0.3 is 24.0 Å². The van der Waals surface area contributed by atoms with Crippen molar-refractivity contribution in [2.75, 3.05) is 35.6 Å². The maximum absolute atomic E-state index is 14.3. The molecule has 3 aromatic carbocycles. The molecule has 0 fully saturated rings. The number of esters is 2. The Balaban J connectivity index is 1.61. The number of rotatable bonds is 30. The summed E-state index contributed by atoms with van der Waals surface area (Å²) in [6, 6.07) is 9.49. The average molecular weight is 1140 g/mol. The first-order valence-corrected chi connectivity index (χ1v) is 26.1. The summed E-state index contributed by atoms with van der Waals surface area (Å²) in [5, 5.41) is 23.5. The van der Waals surface area contributed by atoms with Gasteiger partial charge in [-0.25, -0.2) is 9.59 Å². The molecule has 0 aliphatic carbocycles. The molecule has 3 aromatic rings. The van der Waals surface area contributed by atoms with Crippen LogP contribution in [0, 0.1) is 11.8 Å². The lowest BCUT2D eigenvalue weighted by atomic mass is 10.00. The van der Waals surface area contributed by atoms with Crippen molar-refractivity contribution < 1.29 is 71.8 Å². The van der Waals surface area contributed by atoms with Crippen LogP contribution in [0.5, 0.6) is 0 Å². The van der Waals surface area contributed by atoms with Crippen LogP contribution in [-0.2, 0) is 65.8 Å². The fraction of sp³-hybridized carbons (Fsp3) is 0.400.